The van der Waals surface area contributed by atoms with E-state index in [9.17, 15) is 9.59 Å². The number of carbonyl (C=O) groups excluding carboxylic acids is 2. The van der Waals surface area contributed by atoms with Crippen molar-refractivity contribution in [1.29, 1.82) is 0 Å². The molecule has 0 amide bonds. The molecule has 2 aromatic rings. The number of fused-ring (bicyclic) bond motifs is 1. The summed E-state index contributed by atoms with van der Waals surface area (Å²) in [5.74, 6) is -0.464. The maximum absolute atomic E-state index is 12.5. The molecule has 0 fully saturated rings. The summed E-state index contributed by atoms with van der Waals surface area (Å²) in [6, 6.07) is 8.64. The zero-order valence-corrected chi connectivity index (χ0v) is 13.2. The minimum atomic E-state index is -0.282. The molecular weight excluding hydrogens is 395 g/mol. The van der Waals surface area contributed by atoms with Crippen LogP contribution >= 0.6 is 45.5 Å². The molecule has 1 aliphatic carbocycles. The Balaban J connectivity index is 2.24. The zero-order valence-electron chi connectivity index (χ0n) is 9.44. The molecule has 0 radical (unpaired) electrons. The van der Waals surface area contributed by atoms with E-state index in [1.54, 1.807) is 24.3 Å². The average molecular weight is 401 g/mol. The van der Waals surface area contributed by atoms with Gasteiger partial charge in [-0.05, 0) is 28.7 Å². The van der Waals surface area contributed by atoms with Crippen molar-refractivity contribution < 1.29 is 9.59 Å². The molecule has 5 heteroatoms. The molecule has 1 aliphatic rings. The minimum Gasteiger partial charge on any atom is -0.288 e. The Hall–Kier alpha value is -0.980. The van der Waals surface area contributed by atoms with Crippen molar-refractivity contribution in [2.45, 2.75) is 0 Å². The van der Waals surface area contributed by atoms with Crippen molar-refractivity contribution in [1.82, 2.24) is 0 Å². The maximum atomic E-state index is 12.5. The number of halogens is 2. The molecule has 0 spiro atoms. The predicted octanol–water partition coefficient (Wildman–Crippen LogP) is 4.38. The van der Waals surface area contributed by atoms with E-state index < -0.39 is 0 Å². The first-order chi connectivity index (χ1) is 9.09. The fourth-order valence-electron chi connectivity index (χ4n) is 2.01. The summed E-state index contributed by atoms with van der Waals surface area (Å²) in [6.45, 7) is 0. The van der Waals surface area contributed by atoms with Crippen LogP contribution in [0.2, 0.25) is 0 Å². The second-order valence-corrected chi connectivity index (χ2v) is 6.56. The lowest BCUT2D eigenvalue weighted by atomic mass is 9.89. The lowest BCUT2D eigenvalue weighted by Crippen LogP contribution is -2.18. The second-order valence-electron chi connectivity index (χ2n) is 4.02. The normalized spacial score (nSPS) is 14.8. The van der Waals surface area contributed by atoms with E-state index in [4.69, 9.17) is 11.6 Å². The predicted molar refractivity (Wildman–Crippen MR) is 84.9 cm³/mol. The van der Waals surface area contributed by atoms with Crippen molar-refractivity contribution >= 4 is 62.7 Å². The van der Waals surface area contributed by atoms with Crippen molar-refractivity contribution in [3.8, 4) is 0 Å². The van der Waals surface area contributed by atoms with Gasteiger partial charge in [0.2, 0.25) is 5.78 Å². The van der Waals surface area contributed by atoms with Crippen LogP contribution in [0.25, 0.3) is 5.57 Å². The van der Waals surface area contributed by atoms with Gasteiger partial charge in [0.05, 0.1) is 5.57 Å². The molecule has 0 bridgehead atoms. The molecule has 0 unspecified atom stereocenters. The lowest BCUT2D eigenvalue weighted by Gasteiger charge is -2.16. The number of Topliss-reactive ketones (excluding diaryl/α,β-unsaturated/α-hetero) is 2. The second kappa shape index (κ2) is 4.85. The Labute approximate surface area is 132 Å². The van der Waals surface area contributed by atoms with Crippen LogP contribution in [0.5, 0.6) is 0 Å². The molecule has 3 rings (SSSR count). The fraction of sp³-hybridized carbons (Fsp3) is 0. The van der Waals surface area contributed by atoms with E-state index in [-0.39, 0.29) is 16.6 Å². The van der Waals surface area contributed by atoms with Crippen LogP contribution in [0.3, 0.4) is 0 Å². The Morgan fingerprint density at radius 1 is 1.05 bits per heavy atom. The van der Waals surface area contributed by atoms with Gasteiger partial charge in [-0.25, -0.2) is 0 Å². The van der Waals surface area contributed by atoms with Gasteiger partial charge in [0.25, 0.3) is 0 Å². The molecular formula is C14H6ClIO2S. The van der Waals surface area contributed by atoms with Crippen LogP contribution in [0.4, 0.5) is 0 Å². The number of hydrogen-bond acceptors (Lipinski definition) is 3. The van der Waals surface area contributed by atoms with Gasteiger partial charge in [-0.3, -0.25) is 9.59 Å². The van der Waals surface area contributed by atoms with Crippen LogP contribution in [-0.2, 0) is 0 Å². The monoisotopic (exact) mass is 400 g/mol. The van der Waals surface area contributed by atoms with Gasteiger partial charge in [0.1, 0.15) is 5.03 Å². The molecule has 0 N–H and O–H groups in total. The van der Waals surface area contributed by atoms with Crippen LogP contribution in [-0.4, -0.2) is 11.6 Å². The Morgan fingerprint density at radius 3 is 2.26 bits per heavy atom. The molecule has 2 nitrogen and oxygen atoms in total. The SMILES string of the molecule is O=C1C(Cl)=C(c2cc(I)cs2)C(=O)c2ccccc21. The number of hydrogen-bond donors (Lipinski definition) is 0. The van der Waals surface area contributed by atoms with Gasteiger partial charge in [-0.2, -0.15) is 0 Å². The Kier molecular flexibility index (Phi) is 3.32. The van der Waals surface area contributed by atoms with E-state index in [1.807, 2.05) is 11.4 Å². The van der Waals surface area contributed by atoms with Gasteiger partial charge in [-0.1, -0.05) is 35.9 Å². The highest BCUT2D eigenvalue weighted by Gasteiger charge is 2.32. The average Bonchev–Trinajstić information content (AvgIpc) is 2.83. The minimum absolute atomic E-state index is 0.0157. The lowest BCUT2D eigenvalue weighted by molar-refractivity contribution is 0.0998. The van der Waals surface area contributed by atoms with Gasteiger partial charge >= 0.3 is 0 Å². The molecule has 0 aliphatic heterocycles. The summed E-state index contributed by atoms with van der Waals surface area (Å²) < 4.78 is 1.02. The van der Waals surface area contributed by atoms with E-state index in [2.05, 4.69) is 22.6 Å². The molecule has 0 saturated carbocycles. The first-order valence-electron chi connectivity index (χ1n) is 5.42. The zero-order chi connectivity index (χ0) is 13.6. The maximum Gasteiger partial charge on any atom is 0.205 e. The smallest absolute Gasteiger partial charge is 0.205 e. The van der Waals surface area contributed by atoms with E-state index in [1.165, 1.54) is 11.3 Å². The van der Waals surface area contributed by atoms with Gasteiger partial charge in [0.15, 0.2) is 5.78 Å². The third kappa shape index (κ3) is 2.07. The van der Waals surface area contributed by atoms with Crippen LogP contribution < -0.4 is 0 Å². The summed E-state index contributed by atoms with van der Waals surface area (Å²) in [7, 11) is 0. The summed E-state index contributed by atoms with van der Waals surface area (Å²) in [5, 5.41) is 1.94. The highest BCUT2D eigenvalue weighted by Crippen LogP contribution is 2.36. The van der Waals surface area contributed by atoms with E-state index in [0.29, 0.717) is 16.7 Å². The van der Waals surface area contributed by atoms with Crippen molar-refractivity contribution in [3.63, 3.8) is 0 Å². The van der Waals surface area contributed by atoms with E-state index >= 15 is 0 Å². The fourth-order valence-corrected chi connectivity index (χ4v) is 4.07. The van der Waals surface area contributed by atoms with Crippen LogP contribution in [0, 0.1) is 3.57 Å². The molecule has 0 atom stereocenters. The summed E-state index contributed by atoms with van der Waals surface area (Å²) in [6.07, 6.45) is 0. The molecule has 1 heterocycles. The number of thiophene rings is 1. The molecule has 1 aromatic heterocycles. The quantitative estimate of drug-likeness (QED) is 0.666. The highest BCUT2D eigenvalue weighted by molar-refractivity contribution is 14.1. The van der Waals surface area contributed by atoms with Crippen LogP contribution in [0.15, 0.2) is 40.7 Å². The number of carbonyl (C=O) groups is 2. The molecule has 0 saturated heterocycles. The van der Waals surface area contributed by atoms with Crippen LogP contribution in [0.1, 0.15) is 25.6 Å². The largest absolute Gasteiger partial charge is 0.288 e. The summed E-state index contributed by atoms with van der Waals surface area (Å²) >= 11 is 9.70. The van der Waals surface area contributed by atoms with Gasteiger partial charge in [-0.15, -0.1) is 11.3 Å². The van der Waals surface area contributed by atoms with Gasteiger partial charge < -0.3 is 0 Å². The Bertz CT molecular complexity index is 745. The van der Waals surface area contributed by atoms with Crippen molar-refractivity contribution in [3.05, 3.63) is 60.3 Å². The highest BCUT2D eigenvalue weighted by atomic mass is 127. The number of allylic oxidation sites excluding steroid dienone is 2. The third-order valence-corrected chi connectivity index (χ3v) is 5.23. The number of ketones is 2. The first-order valence-corrected chi connectivity index (χ1v) is 7.76. The molecule has 94 valence electrons. The van der Waals surface area contributed by atoms with Crippen molar-refractivity contribution in [2.75, 3.05) is 0 Å². The molecule has 19 heavy (non-hydrogen) atoms. The topological polar surface area (TPSA) is 34.1 Å². The van der Waals surface area contributed by atoms with E-state index in [0.717, 1.165) is 8.45 Å². The third-order valence-electron chi connectivity index (χ3n) is 2.88. The Morgan fingerprint density at radius 2 is 1.68 bits per heavy atom. The van der Waals surface area contributed by atoms with Gasteiger partial charge in [0, 0.05) is 25.0 Å². The number of rotatable bonds is 1. The molecule has 1 aromatic carbocycles. The first kappa shape index (κ1) is 13.0. The standard InChI is InChI=1S/C14H6ClIO2S/c15-12-11(10-5-7(16)6-19-10)13(17)8-3-1-2-4-9(8)14(12)18/h1-6H. The summed E-state index contributed by atoms with van der Waals surface area (Å²) in [5.41, 5.74) is 1.13. The summed E-state index contributed by atoms with van der Waals surface area (Å²) in [4.78, 5) is 25.4. The number of benzene rings is 1. The van der Waals surface area contributed by atoms with Crippen molar-refractivity contribution in [2.24, 2.45) is 0 Å².